The van der Waals surface area contributed by atoms with Gasteiger partial charge in [0.05, 0.1) is 12.2 Å². The van der Waals surface area contributed by atoms with Gasteiger partial charge < -0.3 is 14.2 Å². The molecule has 134 valence electrons. The van der Waals surface area contributed by atoms with Crippen LogP contribution < -0.4 is 9.47 Å². The molecule has 3 aromatic rings. The summed E-state index contributed by atoms with van der Waals surface area (Å²) >= 11 is 0. The third-order valence-electron chi connectivity index (χ3n) is 4.29. The fourth-order valence-electron chi connectivity index (χ4n) is 3.00. The molecule has 0 spiro atoms. The lowest BCUT2D eigenvalue weighted by Crippen LogP contribution is -2.19. The zero-order chi connectivity index (χ0) is 18.6. The number of rotatable bonds is 4. The summed E-state index contributed by atoms with van der Waals surface area (Å²) in [6, 6.07) is 21.4. The fourth-order valence-corrected chi connectivity index (χ4v) is 3.00. The van der Waals surface area contributed by atoms with Gasteiger partial charge in [0.1, 0.15) is 30.0 Å². The fraction of sp³-hybridized carbons (Fsp3) is 0.136. The lowest BCUT2D eigenvalue weighted by Gasteiger charge is -2.28. The van der Waals surface area contributed by atoms with Crippen LogP contribution in [0.4, 0.5) is 4.39 Å². The third-order valence-corrected chi connectivity index (χ3v) is 4.29. The third kappa shape index (κ3) is 3.62. The van der Waals surface area contributed by atoms with Crippen molar-refractivity contribution in [2.45, 2.75) is 19.5 Å². The average molecular weight is 361 g/mol. The van der Waals surface area contributed by atoms with Crippen molar-refractivity contribution in [2.75, 3.05) is 0 Å². The van der Waals surface area contributed by atoms with Gasteiger partial charge in [0.15, 0.2) is 0 Å². The first-order valence-corrected chi connectivity index (χ1v) is 8.51. The Bertz CT molecular complexity index is 998. The molecule has 1 atom stereocenters. The summed E-state index contributed by atoms with van der Waals surface area (Å²) in [7, 11) is 0. The zero-order valence-electron chi connectivity index (χ0n) is 14.4. The molecule has 0 aliphatic carbocycles. The molecule has 0 saturated heterocycles. The van der Waals surface area contributed by atoms with E-state index >= 15 is 0 Å². The summed E-state index contributed by atoms with van der Waals surface area (Å²) in [6.45, 7) is 0.328. The summed E-state index contributed by atoms with van der Waals surface area (Å²) < 4.78 is 31.5. The molecule has 27 heavy (non-hydrogen) atoms. The van der Waals surface area contributed by atoms with E-state index in [2.05, 4.69) is 6.07 Å². The van der Waals surface area contributed by atoms with Crippen LogP contribution in [0.1, 0.15) is 28.5 Å². The lowest BCUT2D eigenvalue weighted by atomic mass is 10.1. The van der Waals surface area contributed by atoms with Crippen molar-refractivity contribution in [1.82, 2.24) is 0 Å². The quantitative estimate of drug-likeness (QED) is 0.664. The molecule has 4 nitrogen and oxygen atoms in total. The highest BCUT2D eigenvalue weighted by Crippen LogP contribution is 2.37. The normalized spacial score (nSPS) is 15.3. The van der Waals surface area contributed by atoms with E-state index in [1.54, 1.807) is 24.3 Å². The molecule has 4 rings (SSSR count). The maximum atomic E-state index is 14.0. The lowest BCUT2D eigenvalue weighted by molar-refractivity contribution is -0.112. The first-order valence-electron chi connectivity index (χ1n) is 8.51. The van der Waals surface area contributed by atoms with Crippen LogP contribution in [0.3, 0.4) is 0 Å². The Hall–Kier alpha value is -3.36. The Balaban J connectivity index is 1.61. The molecule has 0 radical (unpaired) electrons. The van der Waals surface area contributed by atoms with Gasteiger partial charge in [-0.05, 0) is 24.3 Å². The van der Waals surface area contributed by atoms with Gasteiger partial charge in [-0.3, -0.25) is 0 Å². The van der Waals surface area contributed by atoms with Crippen LogP contribution in [-0.2, 0) is 18.0 Å². The van der Waals surface area contributed by atoms with E-state index in [-0.39, 0.29) is 19.0 Å². The van der Waals surface area contributed by atoms with Gasteiger partial charge in [0, 0.05) is 16.7 Å². The Morgan fingerprint density at radius 2 is 1.85 bits per heavy atom. The molecule has 0 bridgehead atoms. The highest BCUT2D eigenvalue weighted by molar-refractivity contribution is 5.45. The maximum Gasteiger partial charge on any atom is 0.227 e. The number of nitriles is 1. The van der Waals surface area contributed by atoms with Crippen molar-refractivity contribution in [3.63, 3.8) is 0 Å². The van der Waals surface area contributed by atoms with E-state index in [0.717, 1.165) is 5.56 Å². The van der Waals surface area contributed by atoms with Gasteiger partial charge in [0.25, 0.3) is 0 Å². The van der Waals surface area contributed by atoms with Gasteiger partial charge >= 0.3 is 0 Å². The van der Waals surface area contributed by atoms with Crippen LogP contribution in [0.2, 0.25) is 0 Å². The van der Waals surface area contributed by atoms with Crippen molar-refractivity contribution < 1.29 is 18.6 Å². The summed E-state index contributed by atoms with van der Waals surface area (Å²) in [5.74, 6) is 0.627. The second kappa shape index (κ2) is 7.48. The molecule has 1 heterocycles. The first kappa shape index (κ1) is 17.1. The average Bonchev–Trinajstić information content (AvgIpc) is 2.72. The molecule has 0 amide bonds. The molecule has 1 aliphatic rings. The zero-order valence-corrected chi connectivity index (χ0v) is 14.4. The summed E-state index contributed by atoms with van der Waals surface area (Å²) in [5.41, 5.74) is 2.51. The summed E-state index contributed by atoms with van der Waals surface area (Å²) in [6.07, 6.45) is -0.561. The monoisotopic (exact) mass is 361 g/mol. The molecule has 0 saturated carbocycles. The van der Waals surface area contributed by atoms with Crippen molar-refractivity contribution >= 4 is 0 Å². The molecular formula is C22H16FNO3. The van der Waals surface area contributed by atoms with E-state index in [4.69, 9.17) is 14.2 Å². The minimum absolute atomic E-state index is 0.0836. The largest absolute Gasteiger partial charge is 0.487 e. The Labute approximate surface area is 156 Å². The number of fused-ring (bicyclic) bond motifs is 1. The number of nitrogens with zero attached hydrogens (tertiary/aromatic N) is 1. The van der Waals surface area contributed by atoms with E-state index in [1.165, 1.54) is 12.1 Å². The predicted octanol–water partition coefficient (Wildman–Crippen LogP) is 4.88. The summed E-state index contributed by atoms with van der Waals surface area (Å²) in [5, 5.41) is 9.18. The molecule has 0 fully saturated rings. The van der Waals surface area contributed by atoms with Crippen molar-refractivity contribution in [3.8, 4) is 17.6 Å². The number of hydrogen-bond donors (Lipinski definition) is 0. The van der Waals surface area contributed by atoms with Gasteiger partial charge in [-0.2, -0.15) is 5.26 Å². The Morgan fingerprint density at radius 3 is 2.67 bits per heavy atom. The van der Waals surface area contributed by atoms with Crippen molar-refractivity contribution in [2.24, 2.45) is 0 Å². The van der Waals surface area contributed by atoms with E-state index in [9.17, 15) is 9.65 Å². The van der Waals surface area contributed by atoms with E-state index in [1.807, 2.05) is 30.3 Å². The second-order valence-corrected chi connectivity index (χ2v) is 6.12. The van der Waals surface area contributed by atoms with Crippen LogP contribution >= 0.6 is 0 Å². The molecule has 3 aromatic carbocycles. The standard InChI is InChI=1S/C22H16FNO3/c23-19-10-17(13-25-20-9-5-4-8-16(20)12-24)21-18(11-19)14-26-22(27-21)15-6-2-1-3-7-15/h1-11,22H,13-14H2. The molecule has 5 heteroatoms. The van der Waals surface area contributed by atoms with Crippen molar-refractivity contribution in [1.29, 1.82) is 5.26 Å². The second-order valence-electron chi connectivity index (χ2n) is 6.12. The van der Waals surface area contributed by atoms with Gasteiger partial charge in [-0.15, -0.1) is 0 Å². The maximum absolute atomic E-state index is 14.0. The topological polar surface area (TPSA) is 51.5 Å². The highest BCUT2D eigenvalue weighted by Gasteiger charge is 2.25. The minimum Gasteiger partial charge on any atom is -0.487 e. The predicted molar refractivity (Wildman–Crippen MR) is 96.5 cm³/mol. The number of ether oxygens (including phenoxy) is 3. The smallest absolute Gasteiger partial charge is 0.227 e. The number of hydrogen-bond acceptors (Lipinski definition) is 4. The van der Waals surface area contributed by atoms with Crippen LogP contribution in [0, 0.1) is 17.1 Å². The SMILES string of the molecule is N#Cc1ccccc1OCc1cc(F)cc2c1OC(c1ccccc1)OC2. The Morgan fingerprint density at radius 1 is 1.07 bits per heavy atom. The van der Waals surface area contributed by atoms with Crippen LogP contribution in [0.5, 0.6) is 11.5 Å². The Kier molecular flexibility index (Phi) is 4.73. The van der Waals surface area contributed by atoms with Crippen LogP contribution in [-0.4, -0.2) is 0 Å². The minimum atomic E-state index is -0.561. The van der Waals surface area contributed by atoms with E-state index in [0.29, 0.717) is 28.2 Å². The number of para-hydroxylation sites is 1. The molecule has 0 aromatic heterocycles. The number of benzene rings is 3. The van der Waals surface area contributed by atoms with Gasteiger partial charge in [0.2, 0.25) is 6.29 Å². The molecule has 1 unspecified atom stereocenters. The highest BCUT2D eigenvalue weighted by atomic mass is 19.1. The van der Waals surface area contributed by atoms with Gasteiger partial charge in [-0.1, -0.05) is 42.5 Å². The van der Waals surface area contributed by atoms with Crippen LogP contribution in [0.25, 0.3) is 0 Å². The molecule has 1 aliphatic heterocycles. The number of halogens is 1. The molecular weight excluding hydrogens is 345 g/mol. The summed E-state index contributed by atoms with van der Waals surface area (Å²) in [4.78, 5) is 0. The van der Waals surface area contributed by atoms with Gasteiger partial charge in [-0.25, -0.2) is 4.39 Å². The van der Waals surface area contributed by atoms with Crippen LogP contribution in [0.15, 0.2) is 66.7 Å². The van der Waals surface area contributed by atoms with E-state index < -0.39 is 6.29 Å². The van der Waals surface area contributed by atoms with Crippen molar-refractivity contribution in [3.05, 3.63) is 94.8 Å². The first-order chi connectivity index (χ1) is 13.2. The molecule has 0 N–H and O–H groups in total.